The van der Waals surface area contributed by atoms with Gasteiger partial charge in [0.15, 0.2) is 6.10 Å². The summed E-state index contributed by atoms with van der Waals surface area (Å²) in [6.45, 7) is 6.49. The van der Waals surface area contributed by atoms with Crippen molar-refractivity contribution in [1.29, 1.82) is 0 Å². The maximum Gasteiger partial charge on any atom is 0.306 e. The number of unbranched alkanes of at least 4 members (excludes halogenated alkanes) is 28. The van der Waals surface area contributed by atoms with Crippen LogP contribution in [0.15, 0.2) is 72.9 Å². The van der Waals surface area contributed by atoms with Gasteiger partial charge in [0.05, 0.1) is 0 Å². The summed E-state index contributed by atoms with van der Waals surface area (Å²) in [6.07, 6.45) is 70.3. The highest BCUT2D eigenvalue weighted by molar-refractivity contribution is 5.71. The number of esters is 3. The molecular formula is C61H106O6. The molecule has 0 aliphatic carbocycles. The van der Waals surface area contributed by atoms with Crippen molar-refractivity contribution in [2.45, 2.75) is 284 Å². The third-order valence-electron chi connectivity index (χ3n) is 12.2. The van der Waals surface area contributed by atoms with Gasteiger partial charge in [0, 0.05) is 19.3 Å². The standard InChI is InChI=1S/C61H106O6/c1-4-7-10-13-16-19-22-25-28-29-30-31-34-36-39-42-45-48-51-54-60(63)66-57-58(67-61(64)55-52-49-46-43-40-37-33-27-24-21-18-15-12-9-6-3)56-65-59(62)53-50-47-44-41-38-35-32-26-23-20-17-14-11-8-5-2/h8,11,16-17,19-21,24-26,28,32,58H,4-7,9-10,12-15,18,22-23,27,29-31,33-57H2,1-3H3/b11-8-,19-16-,20-17-,24-21-,28-25-,32-26-/t58-/m1/s1. The number of ether oxygens (including phenoxy) is 3. The molecule has 6 nitrogen and oxygen atoms in total. The van der Waals surface area contributed by atoms with Gasteiger partial charge in [0.25, 0.3) is 0 Å². The van der Waals surface area contributed by atoms with E-state index in [2.05, 4.69) is 93.7 Å². The van der Waals surface area contributed by atoms with Crippen LogP contribution < -0.4 is 0 Å². The third-order valence-corrected chi connectivity index (χ3v) is 12.2. The van der Waals surface area contributed by atoms with Gasteiger partial charge in [-0.3, -0.25) is 14.4 Å². The van der Waals surface area contributed by atoms with Gasteiger partial charge >= 0.3 is 17.9 Å². The van der Waals surface area contributed by atoms with E-state index in [1.54, 1.807) is 0 Å². The average Bonchev–Trinajstić information content (AvgIpc) is 3.33. The first-order valence-electron chi connectivity index (χ1n) is 28.4. The van der Waals surface area contributed by atoms with Crippen LogP contribution >= 0.6 is 0 Å². The average molecular weight is 936 g/mol. The normalized spacial score (nSPS) is 12.6. The number of rotatable bonds is 51. The summed E-state index contributed by atoms with van der Waals surface area (Å²) in [7, 11) is 0. The Labute approximate surface area is 414 Å². The maximum absolute atomic E-state index is 12.8. The Hall–Kier alpha value is -3.15. The summed E-state index contributed by atoms with van der Waals surface area (Å²) in [6, 6.07) is 0. The molecule has 1 atom stereocenters. The largest absolute Gasteiger partial charge is 0.462 e. The molecular weight excluding hydrogens is 829 g/mol. The van der Waals surface area contributed by atoms with Crippen molar-refractivity contribution in [2.75, 3.05) is 13.2 Å². The lowest BCUT2D eigenvalue weighted by molar-refractivity contribution is -0.167. The van der Waals surface area contributed by atoms with E-state index in [9.17, 15) is 14.4 Å². The fraction of sp³-hybridized carbons (Fsp3) is 0.754. The van der Waals surface area contributed by atoms with E-state index in [4.69, 9.17) is 14.2 Å². The zero-order valence-corrected chi connectivity index (χ0v) is 44.2. The van der Waals surface area contributed by atoms with Crippen LogP contribution in [0.2, 0.25) is 0 Å². The first-order valence-corrected chi connectivity index (χ1v) is 28.4. The first-order chi connectivity index (χ1) is 33.0. The molecule has 0 saturated carbocycles. The minimum atomic E-state index is -0.787. The molecule has 0 bridgehead atoms. The molecule has 0 aromatic heterocycles. The van der Waals surface area contributed by atoms with E-state index < -0.39 is 6.10 Å². The summed E-state index contributed by atoms with van der Waals surface area (Å²) in [5.74, 6) is -0.903. The molecule has 67 heavy (non-hydrogen) atoms. The smallest absolute Gasteiger partial charge is 0.306 e. The number of carbonyl (C=O) groups excluding carboxylic acids is 3. The molecule has 0 aliphatic heterocycles. The minimum Gasteiger partial charge on any atom is -0.462 e. The molecule has 0 unspecified atom stereocenters. The van der Waals surface area contributed by atoms with Crippen molar-refractivity contribution in [1.82, 2.24) is 0 Å². The van der Waals surface area contributed by atoms with E-state index in [1.165, 1.54) is 135 Å². The fourth-order valence-corrected chi connectivity index (χ4v) is 7.89. The topological polar surface area (TPSA) is 78.9 Å². The van der Waals surface area contributed by atoms with Gasteiger partial charge in [0.2, 0.25) is 0 Å². The highest BCUT2D eigenvalue weighted by atomic mass is 16.6. The maximum atomic E-state index is 12.8. The van der Waals surface area contributed by atoms with Crippen molar-refractivity contribution in [2.24, 2.45) is 0 Å². The molecule has 0 fully saturated rings. The van der Waals surface area contributed by atoms with Crippen molar-refractivity contribution >= 4 is 17.9 Å². The summed E-state index contributed by atoms with van der Waals surface area (Å²) in [5, 5.41) is 0. The zero-order valence-electron chi connectivity index (χ0n) is 44.2. The Bertz CT molecular complexity index is 1260. The van der Waals surface area contributed by atoms with E-state index in [1.807, 2.05) is 0 Å². The van der Waals surface area contributed by atoms with Crippen LogP contribution in [-0.2, 0) is 28.6 Å². The van der Waals surface area contributed by atoms with Crippen LogP contribution in [0.25, 0.3) is 0 Å². The van der Waals surface area contributed by atoms with Crippen LogP contribution in [0.1, 0.15) is 278 Å². The molecule has 386 valence electrons. The number of hydrogen-bond acceptors (Lipinski definition) is 6. The van der Waals surface area contributed by atoms with Crippen LogP contribution in [-0.4, -0.2) is 37.2 Å². The summed E-state index contributed by atoms with van der Waals surface area (Å²) in [4.78, 5) is 38.1. The molecule has 0 amide bonds. The van der Waals surface area contributed by atoms with Gasteiger partial charge in [0.1, 0.15) is 13.2 Å². The molecule has 0 heterocycles. The molecule has 0 radical (unpaired) electrons. The first kappa shape index (κ1) is 63.8. The van der Waals surface area contributed by atoms with Gasteiger partial charge in [-0.1, -0.05) is 222 Å². The number of carbonyl (C=O) groups is 3. The van der Waals surface area contributed by atoms with Gasteiger partial charge in [-0.15, -0.1) is 0 Å². The lowest BCUT2D eigenvalue weighted by Crippen LogP contribution is -2.30. The molecule has 0 N–H and O–H groups in total. The number of allylic oxidation sites excluding steroid dienone is 12. The lowest BCUT2D eigenvalue weighted by Gasteiger charge is -2.18. The van der Waals surface area contributed by atoms with Crippen molar-refractivity contribution < 1.29 is 28.6 Å². The predicted octanol–water partition coefficient (Wildman–Crippen LogP) is 19.0. The monoisotopic (exact) mass is 935 g/mol. The second kappa shape index (κ2) is 55.4. The molecule has 0 aromatic rings. The highest BCUT2D eigenvalue weighted by Gasteiger charge is 2.19. The lowest BCUT2D eigenvalue weighted by atomic mass is 10.1. The Morgan fingerprint density at radius 3 is 0.955 bits per heavy atom. The summed E-state index contributed by atoms with van der Waals surface area (Å²) >= 11 is 0. The molecule has 0 rings (SSSR count). The Balaban J connectivity index is 4.39. The Morgan fingerprint density at radius 2 is 0.582 bits per heavy atom. The molecule has 0 aliphatic rings. The molecule has 0 aromatic carbocycles. The Kier molecular flexibility index (Phi) is 52.8. The van der Waals surface area contributed by atoms with Crippen molar-refractivity contribution in [3.8, 4) is 0 Å². The quantitative estimate of drug-likeness (QED) is 0.0262. The molecule has 0 spiro atoms. The second-order valence-electron chi connectivity index (χ2n) is 18.8. The van der Waals surface area contributed by atoms with Crippen LogP contribution in [0.5, 0.6) is 0 Å². The molecule has 0 saturated heterocycles. The Morgan fingerprint density at radius 1 is 0.313 bits per heavy atom. The van der Waals surface area contributed by atoms with Gasteiger partial charge < -0.3 is 14.2 Å². The van der Waals surface area contributed by atoms with E-state index in [0.717, 1.165) is 103 Å². The second-order valence-corrected chi connectivity index (χ2v) is 18.8. The van der Waals surface area contributed by atoms with E-state index >= 15 is 0 Å². The minimum absolute atomic E-state index is 0.0844. The van der Waals surface area contributed by atoms with E-state index in [-0.39, 0.29) is 31.1 Å². The van der Waals surface area contributed by atoms with Crippen LogP contribution in [0.3, 0.4) is 0 Å². The predicted molar refractivity (Wildman–Crippen MR) is 288 cm³/mol. The van der Waals surface area contributed by atoms with Crippen molar-refractivity contribution in [3.63, 3.8) is 0 Å². The van der Waals surface area contributed by atoms with E-state index in [0.29, 0.717) is 19.3 Å². The van der Waals surface area contributed by atoms with Gasteiger partial charge in [-0.2, -0.15) is 0 Å². The van der Waals surface area contributed by atoms with Crippen LogP contribution in [0, 0.1) is 0 Å². The zero-order chi connectivity index (χ0) is 48.6. The fourth-order valence-electron chi connectivity index (χ4n) is 7.89. The highest BCUT2D eigenvalue weighted by Crippen LogP contribution is 2.15. The van der Waals surface area contributed by atoms with Crippen LogP contribution in [0.4, 0.5) is 0 Å². The van der Waals surface area contributed by atoms with Crippen molar-refractivity contribution in [3.05, 3.63) is 72.9 Å². The summed E-state index contributed by atoms with van der Waals surface area (Å²) in [5.41, 5.74) is 0. The number of hydrogen-bond donors (Lipinski definition) is 0. The van der Waals surface area contributed by atoms with Gasteiger partial charge in [-0.05, 0) is 109 Å². The van der Waals surface area contributed by atoms with Gasteiger partial charge in [-0.25, -0.2) is 0 Å². The third kappa shape index (κ3) is 53.7. The SMILES string of the molecule is CC/C=C\C/C=C\C/C=C\CCCCCCCC(=O)OC[C@H](COC(=O)CCCCCCCCCCC/C=C\C/C=C\CCCCC)OC(=O)CCCCCCCCC/C=C\CCCCCC. The molecule has 6 heteroatoms. The summed E-state index contributed by atoms with van der Waals surface area (Å²) < 4.78 is 16.9.